The summed E-state index contributed by atoms with van der Waals surface area (Å²) in [5.41, 5.74) is 8.17. The van der Waals surface area contributed by atoms with Crippen LogP contribution in [-0.2, 0) is 10.5 Å². The van der Waals surface area contributed by atoms with Gasteiger partial charge in [-0.1, -0.05) is 11.8 Å². The number of nitrogens with zero attached hydrogens (tertiary/aromatic N) is 3. The van der Waals surface area contributed by atoms with Crippen LogP contribution in [0.4, 0.5) is 10.2 Å². The lowest BCUT2D eigenvalue weighted by Crippen LogP contribution is -2.07. The van der Waals surface area contributed by atoms with Crippen LogP contribution in [0.2, 0.25) is 0 Å². The minimum atomic E-state index is -0.518. The third-order valence-electron chi connectivity index (χ3n) is 4.33. The van der Waals surface area contributed by atoms with Crippen molar-refractivity contribution in [1.82, 2.24) is 19.9 Å². The van der Waals surface area contributed by atoms with Crippen LogP contribution in [0, 0.1) is 12.7 Å². The molecule has 154 valence electrons. The fourth-order valence-corrected chi connectivity index (χ4v) is 3.69. The number of thioether (sulfide) groups is 1. The molecule has 4 aromatic rings. The second kappa shape index (κ2) is 8.15. The lowest BCUT2D eigenvalue weighted by molar-refractivity contribution is 0.0526. The number of benzene rings is 1. The smallest absolute Gasteiger partial charge is 0.342 e. The fourth-order valence-electron chi connectivity index (χ4n) is 2.98. The number of aryl methyl sites for hydroxylation is 1. The Hall–Kier alpha value is -3.40. The fraction of sp³-hybridized carbons (Fsp3) is 0.200. The number of ether oxygens (including phenoxy) is 1. The van der Waals surface area contributed by atoms with Gasteiger partial charge in [-0.05, 0) is 43.7 Å². The molecule has 1 aromatic carbocycles. The largest absolute Gasteiger partial charge is 0.462 e. The SMILES string of the molecule is CCOC(=O)c1c(C)oc2nc(CSc3ncc(-c4ccc(F)cc4)[nH]3)nc(N)c12. The number of nitrogen functional groups attached to an aromatic ring is 1. The zero-order chi connectivity index (χ0) is 21.3. The molecule has 0 radical (unpaired) electrons. The van der Waals surface area contributed by atoms with E-state index in [1.54, 1.807) is 32.2 Å². The highest BCUT2D eigenvalue weighted by Gasteiger charge is 2.24. The number of nitrogens with two attached hydrogens (primary N) is 1. The van der Waals surface area contributed by atoms with E-state index in [1.165, 1.54) is 23.9 Å². The first-order chi connectivity index (χ1) is 14.5. The summed E-state index contributed by atoms with van der Waals surface area (Å²) in [7, 11) is 0. The highest BCUT2D eigenvalue weighted by Crippen LogP contribution is 2.30. The molecule has 0 atom stereocenters. The maximum Gasteiger partial charge on any atom is 0.342 e. The number of anilines is 1. The van der Waals surface area contributed by atoms with Gasteiger partial charge in [0.05, 0.1) is 29.6 Å². The van der Waals surface area contributed by atoms with Crippen molar-refractivity contribution in [2.75, 3.05) is 12.3 Å². The van der Waals surface area contributed by atoms with Gasteiger partial charge in [0.15, 0.2) is 5.16 Å². The van der Waals surface area contributed by atoms with Crippen LogP contribution >= 0.6 is 11.8 Å². The Kier molecular flexibility index (Phi) is 5.40. The predicted molar refractivity (Wildman–Crippen MR) is 110 cm³/mol. The summed E-state index contributed by atoms with van der Waals surface area (Å²) in [6.45, 7) is 3.62. The number of hydrogen-bond donors (Lipinski definition) is 2. The Labute approximate surface area is 175 Å². The highest BCUT2D eigenvalue weighted by molar-refractivity contribution is 7.98. The van der Waals surface area contributed by atoms with Gasteiger partial charge in [0.2, 0.25) is 5.71 Å². The van der Waals surface area contributed by atoms with E-state index in [0.29, 0.717) is 27.9 Å². The van der Waals surface area contributed by atoms with Crippen LogP contribution in [0.3, 0.4) is 0 Å². The first-order valence-electron chi connectivity index (χ1n) is 9.12. The number of carbonyl (C=O) groups excluding carboxylic acids is 1. The summed E-state index contributed by atoms with van der Waals surface area (Å²) in [6.07, 6.45) is 1.68. The van der Waals surface area contributed by atoms with Crippen LogP contribution in [0.25, 0.3) is 22.4 Å². The molecule has 0 bridgehead atoms. The molecule has 0 aliphatic rings. The molecule has 0 fully saturated rings. The molecule has 8 nitrogen and oxygen atoms in total. The van der Waals surface area contributed by atoms with Crippen LogP contribution in [0.15, 0.2) is 40.0 Å². The first-order valence-corrected chi connectivity index (χ1v) is 10.1. The molecule has 4 rings (SSSR count). The molecule has 0 amide bonds. The number of imidazole rings is 1. The van der Waals surface area contributed by atoms with Crippen molar-refractivity contribution in [2.45, 2.75) is 24.8 Å². The number of halogens is 1. The van der Waals surface area contributed by atoms with Gasteiger partial charge in [-0.15, -0.1) is 0 Å². The molecule has 3 N–H and O–H groups in total. The molecule has 3 aromatic heterocycles. The van der Waals surface area contributed by atoms with Crippen molar-refractivity contribution >= 4 is 34.6 Å². The van der Waals surface area contributed by atoms with Crippen LogP contribution in [-0.4, -0.2) is 32.5 Å². The summed E-state index contributed by atoms with van der Waals surface area (Å²) in [5.74, 6) is 0.540. The minimum Gasteiger partial charge on any atom is -0.462 e. The van der Waals surface area contributed by atoms with Crippen molar-refractivity contribution in [1.29, 1.82) is 0 Å². The quantitative estimate of drug-likeness (QED) is 0.348. The second-order valence-corrected chi connectivity index (χ2v) is 7.32. The van der Waals surface area contributed by atoms with E-state index in [0.717, 1.165) is 11.3 Å². The minimum absolute atomic E-state index is 0.155. The van der Waals surface area contributed by atoms with Crippen molar-refractivity contribution in [3.8, 4) is 11.3 Å². The summed E-state index contributed by atoms with van der Waals surface area (Å²) >= 11 is 1.38. The molecule has 0 unspecified atom stereocenters. The first kappa shape index (κ1) is 19.9. The average molecular weight is 427 g/mol. The molecule has 0 aliphatic heterocycles. The Bertz CT molecular complexity index is 1220. The Morgan fingerprint density at radius 1 is 1.30 bits per heavy atom. The Morgan fingerprint density at radius 3 is 2.80 bits per heavy atom. The standard InChI is InChI=1S/C20H18FN5O3S/c1-3-28-19(27)15-10(2)29-18-16(15)17(22)25-14(26-18)9-30-20-23-8-13(24-20)11-4-6-12(21)7-5-11/h4-8H,3,9H2,1-2H3,(H,23,24)(H2,22,25,26). The number of hydrogen-bond acceptors (Lipinski definition) is 8. The number of nitrogens with one attached hydrogen (secondary N) is 1. The van der Waals surface area contributed by atoms with Crippen LogP contribution in [0.1, 0.15) is 28.9 Å². The third kappa shape index (κ3) is 3.86. The number of H-pyrrole nitrogens is 1. The van der Waals surface area contributed by atoms with Gasteiger partial charge in [0, 0.05) is 0 Å². The number of aromatic nitrogens is 4. The lowest BCUT2D eigenvalue weighted by Gasteiger charge is -2.03. The maximum atomic E-state index is 13.1. The number of carbonyl (C=O) groups is 1. The van der Waals surface area contributed by atoms with Crippen molar-refractivity contribution < 1.29 is 18.3 Å². The Balaban J connectivity index is 1.54. The summed E-state index contributed by atoms with van der Waals surface area (Å²) < 4.78 is 23.8. The number of furan rings is 1. The van der Waals surface area contributed by atoms with E-state index >= 15 is 0 Å². The zero-order valence-corrected chi connectivity index (χ0v) is 17.0. The molecular weight excluding hydrogens is 409 g/mol. The molecule has 0 aliphatic carbocycles. The molecular formula is C20H18FN5O3S. The maximum absolute atomic E-state index is 13.1. The normalized spacial score (nSPS) is 11.2. The Morgan fingerprint density at radius 2 is 2.07 bits per heavy atom. The van der Waals surface area contributed by atoms with Gasteiger partial charge in [0.25, 0.3) is 0 Å². The van der Waals surface area contributed by atoms with E-state index < -0.39 is 5.97 Å². The monoisotopic (exact) mass is 427 g/mol. The van der Waals surface area contributed by atoms with E-state index in [1.807, 2.05) is 0 Å². The number of rotatable bonds is 6. The van der Waals surface area contributed by atoms with E-state index in [2.05, 4.69) is 19.9 Å². The van der Waals surface area contributed by atoms with Crippen molar-refractivity contribution in [3.05, 3.63) is 53.4 Å². The van der Waals surface area contributed by atoms with Crippen LogP contribution < -0.4 is 5.73 Å². The molecule has 30 heavy (non-hydrogen) atoms. The number of esters is 1. The number of fused-ring (bicyclic) bond motifs is 1. The zero-order valence-electron chi connectivity index (χ0n) is 16.2. The predicted octanol–water partition coefficient (Wildman–Crippen LogP) is 4.11. The van der Waals surface area contributed by atoms with E-state index in [-0.39, 0.29) is 29.5 Å². The van der Waals surface area contributed by atoms with Crippen molar-refractivity contribution in [3.63, 3.8) is 0 Å². The van der Waals surface area contributed by atoms with E-state index in [9.17, 15) is 9.18 Å². The van der Waals surface area contributed by atoms with Gasteiger partial charge in [-0.3, -0.25) is 0 Å². The lowest BCUT2D eigenvalue weighted by atomic mass is 10.2. The van der Waals surface area contributed by atoms with E-state index in [4.69, 9.17) is 14.9 Å². The number of aromatic amines is 1. The second-order valence-electron chi connectivity index (χ2n) is 6.36. The molecule has 0 saturated carbocycles. The summed E-state index contributed by atoms with van der Waals surface area (Å²) in [4.78, 5) is 28.4. The molecule has 0 saturated heterocycles. The summed E-state index contributed by atoms with van der Waals surface area (Å²) in [5, 5.41) is 1.01. The van der Waals surface area contributed by atoms with Gasteiger partial charge < -0.3 is 19.9 Å². The molecule has 0 spiro atoms. The van der Waals surface area contributed by atoms with Gasteiger partial charge in [-0.25, -0.2) is 19.2 Å². The topological polar surface area (TPSA) is 120 Å². The van der Waals surface area contributed by atoms with Gasteiger partial charge in [0.1, 0.15) is 28.8 Å². The molecule has 10 heteroatoms. The summed E-state index contributed by atoms with van der Waals surface area (Å²) in [6, 6.07) is 6.14. The van der Waals surface area contributed by atoms with Crippen molar-refractivity contribution in [2.24, 2.45) is 0 Å². The molecule has 3 heterocycles. The average Bonchev–Trinajstić information content (AvgIpc) is 3.31. The third-order valence-corrected chi connectivity index (χ3v) is 5.21. The van der Waals surface area contributed by atoms with Crippen LogP contribution in [0.5, 0.6) is 0 Å². The highest BCUT2D eigenvalue weighted by atomic mass is 32.2. The van der Waals surface area contributed by atoms with Gasteiger partial charge in [-0.2, -0.15) is 4.98 Å². The van der Waals surface area contributed by atoms with Gasteiger partial charge >= 0.3 is 5.97 Å².